The van der Waals surface area contributed by atoms with Gasteiger partial charge in [-0.05, 0) is 43.8 Å². The second-order valence-corrected chi connectivity index (χ2v) is 8.47. The van der Waals surface area contributed by atoms with Crippen molar-refractivity contribution in [3.63, 3.8) is 0 Å². The van der Waals surface area contributed by atoms with Gasteiger partial charge in [0.2, 0.25) is 0 Å². The molecule has 5 heterocycles. The van der Waals surface area contributed by atoms with Crippen molar-refractivity contribution in [2.75, 3.05) is 18.8 Å². The zero-order valence-corrected chi connectivity index (χ0v) is 17.4. The molecule has 7 heteroatoms. The Kier molecular flexibility index (Phi) is 5.45. The number of nitrogens with two attached hydrogens (primary N) is 1. The van der Waals surface area contributed by atoms with Crippen LogP contribution in [0.25, 0.3) is 34.6 Å². The molecule has 0 bridgehead atoms. The number of aromatic amines is 1. The number of hydrogen-bond acceptors (Lipinski definition) is 5. The van der Waals surface area contributed by atoms with Gasteiger partial charge in [0.25, 0.3) is 0 Å². The summed E-state index contributed by atoms with van der Waals surface area (Å²) in [6.07, 6.45) is 21.0. The SMILES string of the molecule is C1CCC(N2CCCCC2)CC1.Nc1ncnc2[nH]cc(-c3cc[n+]4c(n3)C=C4)c12. The fourth-order valence-corrected chi connectivity index (χ4v) is 4.83. The minimum atomic E-state index is 0.462. The largest absolute Gasteiger partial charge is 0.383 e. The lowest BCUT2D eigenvalue weighted by atomic mass is 9.93. The first-order chi connectivity index (χ1) is 14.8. The molecule has 3 N–H and O–H groups in total. The first kappa shape index (κ1) is 19.2. The Morgan fingerprint density at radius 3 is 2.57 bits per heavy atom. The van der Waals surface area contributed by atoms with Gasteiger partial charge in [-0.25, -0.2) is 14.5 Å². The van der Waals surface area contributed by atoms with Gasteiger partial charge in [-0.1, -0.05) is 25.7 Å². The molecule has 3 aliphatic rings. The number of rotatable bonds is 2. The topological polar surface area (TPSA) is 87.6 Å². The normalized spacial score (nSPS) is 19.1. The molecule has 2 aliphatic heterocycles. The van der Waals surface area contributed by atoms with Gasteiger partial charge >= 0.3 is 5.82 Å². The van der Waals surface area contributed by atoms with Gasteiger partial charge in [0.15, 0.2) is 5.69 Å². The van der Waals surface area contributed by atoms with E-state index in [9.17, 15) is 0 Å². The molecule has 0 radical (unpaired) electrons. The molecule has 6 rings (SSSR count). The average molecular weight is 405 g/mol. The Balaban J connectivity index is 0.000000140. The molecule has 2 fully saturated rings. The number of nitrogens with zero attached hydrogens (tertiary/aromatic N) is 5. The molecule has 30 heavy (non-hydrogen) atoms. The smallest absolute Gasteiger partial charge is 0.331 e. The number of nitrogens with one attached hydrogen (secondary N) is 1. The maximum Gasteiger partial charge on any atom is 0.331 e. The zero-order valence-electron chi connectivity index (χ0n) is 17.4. The highest BCUT2D eigenvalue weighted by molar-refractivity contribution is 5.99. The predicted molar refractivity (Wildman–Crippen MR) is 119 cm³/mol. The fraction of sp³-hybridized carbons (Fsp3) is 0.478. The molecule has 0 spiro atoms. The lowest BCUT2D eigenvalue weighted by molar-refractivity contribution is -0.584. The van der Waals surface area contributed by atoms with Gasteiger partial charge in [0, 0.05) is 18.3 Å². The Hall–Kier alpha value is -2.80. The molecule has 156 valence electrons. The number of nitrogen functional groups attached to an aromatic ring is 1. The van der Waals surface area contributed by atoms with Crippen LogP contribution < -0.4 is 10.3 Å². The summed E-state index contributed by atoms with van der Waals surface area (Å²) in [6, 6.07) is 2.92. The number of aromatic nitrogens is 5. The van der Waals surface area contributed by atoms with Crippen molar-refractivity contribution >= 4 is 29.1 Å². The summed E-state index contributed by atoms with van der Waals surface area (Å²) in [7, 11) is 0. The number of H-pyrrole nitrogens is 1. The minimum Gasteiger partial charge on any atom is -0.383 e. The fourth-order valence-electron chi connectivity index (χ4n) is 4.83. The summed E-state index contributed by atoms with van der Waals surface area (Å²) in [6.45, 7) is 2.79. The maximum absolute atomic E-state index is 5.90. The molecule has 0 amide bonds. The monoisotopic (exact) mass is 404 g/mol. The third kappa shape index (κ3) is 3.81. The van der Waals surface area contributed by atoms with Crippen molar-refractivity contribution in [1.29, 1.82) is 0 Å². The summed E-state index contributed by atoms with van der Waals surface area (Å²) in [4.78, 5) is 18.5. The number of piperidine rings is 1. The van der Waals surface area contributed by atoms with Crippen LogP contribution in [0.4, 0.5) is 5.82 Å². The first-order valence-electron chi connectivity index (χ1n) is 11.2. The number of hydrogen-bond donors (Lipinski definition) is 2. The molecule has 3 aromatic rings. The number of likely N-dealkylation sites (tertiary alicyclic amines) is 1. The molecular weight excluding hydrogens is 374 g/mol. The molecule has 3 aromatic heterocycles. The summed E-state index contributed by atoms with van der Waals surface area (Å²) in [5.74, 6) is 1.39. The van der Waals surface area contributed by atoms with Gasteiger partial charge in [0.1, 0.15) is 30.2 Å². The Morgan fingerprint density at radius 2 is 1.83 bits per heavy atom. The lowest BCUT2D eigenvalue weighted by Crippen LogP contribution is -2.40. The number of anilines is 1. The molecular formula is C23H30N7+. The number of fused-ring (bicyclic) bond motifs is 2. The van der Waals surface area contributed by atoms with Crippen LogP contribution >= 0.6 is 0 Å². The van der Waals surface area contributed by atoms with Gasteiger partial charge in [-0.15, -0.1) is 0 Å². The molecule has 1 saturated heterocycles. The van der Waals surface area contributed by atoms with E-state index in [1.54, 1.807) is 0 Å². The van der Waals surface area contributed by atoms with Crippen LogP contribution in [-0.2, 0) is 0 Å². The lowest BCUT2D eigenvalue weighted by Gasteiger charge is -2.36. The van der Waals surface area contributed by atoms with Crippen molar-refractivity contribution < 1.29 is 4.57 Å². The van der Waals surface area contributed by atoms with E-state index in [1.165, 1.54) is 70.8 Å². The van der Waals surface area contributed by atoms with Crippen LogP contribution in [0.5, 0.6) is 0 Å². The Morgan fingerprint density at radius 1 is 1.03 bits per heavy atom. The van der Waals surface area contributed by atoms with Crippen LogP contribution in [0.1, 0.15) is 57.2 Å². The van der Waals surface area contributed by atoms with Crippen LogP contribution in [0.2, 0.25) is 0 Å². The third-order valence-corrected chi connectivity index (χ3v) is 6.53. The maximum atomic E-state index is 5.90. The van der Waals surface area contributed by atoms with Crippen LogP contribution in [0.3, 0.4) is 0 Å². The summed E-state index contributed by atoms with van der Waals surface area (Å²) < 4.78 is 1.96. The average Bonchev–Trinajstić information content (AvgIpc) is 3.22. The highest BCUT2D eigenvalue weighted by atomic mass is 15.2. The second-order valence-electron chi connectivity index (χ2n) is 8.47. The summed E-state index contributed by atoms with van der Waals surface area (Å²) >= 11 is 0. The van der Waals surface area contributed by atoms with Crippen molar-refractivity contribution in [2.24, 2.45) is 0 Å². The van der Waals surface area contributed by atoms with Crippen LogP contribution in [0, 0.1) is 0 Å². The Labute approximate surface area is 177 Å². The first-order valence-corrected chi connectivity index (χ1v) is 11.2. The molecule has 0 aromatic carbocycles. The van der Waals surface area contributed by atoms with Crippen molar-refractivity contribution in [2.45, 2.75) is 57.4 Å². The standard InChI is InChI=1S/C12H8N6.C11H21N/c13-11-10-7(5-14-12(10)16-6-15-11)8-1-3-18-4-2-9(18)17-8;1-3-7-11(8-4-1)12-9-5-2-6-10-12/h1-6H,(H2,13,15,16);11H,1-10H2/p+1. The molecule has 1 aliphatic carbocycles. The van der Waals surface area contributed by atoms with E-state index in [0.29, 0.717) is 5.82 Å². The van der Waals surface area contributed by atoms with Gasteiger partial charge < -0.3 is 15.6 Å². The van der Waals surface area contributed by atoms with E-state index in [1.807, 2.05) is 35.3 Å². The van der Waals surface area contributed by atoms with E-state index in [2.05, 4.69) is 24.8 Å². The predicted octanol–water partition coefficient (Wildman–Crippen LogP) is 3.64. The van der Waals surface area contributed by atoms with E-state index in [0.717, 1.165) is 34.2 Å². The highest BCUT2D eigenvalue weighted by Crippen LogP contribution is 2.29. The van der Waals surface area contributed by atoms with Gasteiger partial charge in [-0.2, -0.15) is 0 Å². The van der Waals surface area contributed by atoms with E-state index >= 15 is 0 Å². The molecule has 0 unspecified atom stereocenters. The third-order valence-electron chi connectivity index (χ3n) is 6.53. The van der Waals surface area contributed by atoms with E-state index in [4.69, 9.17) is 5.73 Å². The molecule has 7 nitrogen and oxygen atoms in total. The van der Waals surface area contributed by atoms with E-state index in [-0.39, 0.29) is 0 Å². The minimum absolute atomic E-state index is 0.462. The second kappa shape index (κ2) is 8.52. The zero-order chi connectivity index (χ0) is 20.3. The molecule has 1 saturated carbocycles. The summed E-state index contributed by atoms with van der Waals surface area (Å²) in [5.41, 5.74) is 8.41. The molecule has 0 atom stereocenters. The van der Waals surface area contributed by atoms with Crippen molar-refractivity contribution in [1.82, 2.24) is 24.8 Å². The highest BCUT2D eigenvalue weighted by Gasteiger charge is 2.22. The van der Waals surface area contributed by atoms with Crippen LogP contribution in [0.15, 0.2) is 24.8 Å². The van der Waals surface area contributed by atoms with Gasteiger partial charge in [0.05, 0.1) is 17.0 Å². The Bertz CT molecular complexity index is 1030. The van der Waals surface area contributed by atoms with Crippen molar-refractivity contribution in [3.8, 4) is 11.3 Å². The van der Waals surface area contributed by atoms with Crippen molar-refractivity contribution in [3.05, 3.63) is 30.6 Å². The quantitative estimate of drug-likeness (QED) is 0.498. The summed E-state index contributed by atoms with van der Waals surface area (Å²) in [5, 5.41) is 0.818. The van der Waals surface area contributed by atoms with E-state index < -0.39 is 0 Å². The van der Waals surface area contributed by atoms with Gasteiger partial charge in [-0.3, -0.25) is 0 Å². The van der Waals surface area contributed by atoms with Crippen LogP contribution in [-0.4, -0.2) is 44.0 Å².